The minimum atomic E-state index is -1.28. The molecule has 0 radical (unpaired) electrons. The number of fused-ring (bicyclic) bond motifs is 4. The summed E-state index contributed by atoms with van der Waals surface area (Å²) in [7, 11) is 2.99. The average Bonchev–Trinajstić information content (AvgIpc) is 1.70. The SMILES string of the molecule is COc1c(N2CC3CCCNC3C2)c(F)c(C)c2c(=O)c(C(=O)O)c(C)n(C3CC3)c12.COc1c(N2CC3CCCNC3C2)c(F)c(C)c2c(=O)c(C(=O)OCOC(=O)Cc3ccccc3Nc3c(Cl)cccc3Cl)c(C)n(C3CC3)c12.O=C(O)Cc1ccccc1Nc1c(Cl)cccc1Cl. The van der Waals surface area contributed by atoms with Crippen LogP contribution in [0.15, 0.2) is 94.5 Å². The predicted molar refractivity (Wildman–Crippen MR) is 389 cm³/mol. The fourth-order valence-corrected chi connectivity index (χ4v) is 15.9. The second-order valence-electron chi connectivity index (χ2n) is 26.5. The van der Waals surface area contributed by atoms with Crippen molar-refractivity contribution in [3.63, 3.8) is 0 Å². The van der Waals surface area contributed by atoms with E-state index in [0.29, 0.717) is 137 Å². The molecule has 14 rings (SSSR count). The normalized spacial score (nSPS) is 18.4. The van der Waals surface area contributed by atoms with Crippen LogP contribution in [0.3, 0.4) is 0 Å². The highest BCUT2D eigenvalue weighted by atomic mass is 35.5. The van der Waals surface area contributed by atoms with Gasteiger partial charge in [0.15, 0.2) is 23.1 Å². The van der Waals surface area contributed by atoms with Gasteiger partial charge in [0.25, 0.3) is 0 Å². The number of aromatic nitrogens is 2. The van der Waals surface area contributed by atoms with E-state index in [1.807, 2.05) is 25.0 Å². The van der Waals surface area contributed by atoms with Crippen LogP contribution in [0.5, 0.6) is 11.5 Å². The van der Waals surface area contributed by atoms with Crippen molar-refractivity contribution >= 4 is 126 Å². The van der Waals surface area contributed by atoms with Crippen molar-refractivity contribution in [1.29, 1.82) is 0 Å². The molecule has 0 amide bonds. The summed E-state index contributed by atoms with van der Waals surface area (Å²) in [6.07, 6.45) is 7.60. The third kappa shape index (κ3) is 14.6. The Morgan fingerprint density at radius 1 is 0.554 bits per heavy atom. The van der Waals surface area contributed by atoms with Crippen molar-refractivity contribution in [2.75, 3.05) is 80.7 Å². The van der Waals surface area contributed by atoms with E-state index in [2.05, 4.69) is 21.3 Å². The van der Waals surface area contributed by atoms with E-state index in [-0.39, 0.29) is 64.0 Å². The summed E-state index contributed by atoms with van der Waals surface area (Å²) in [6, 6.07) is 25.2. The van der Waals surface area contributed by atoms with Crippen LogP contribution in [0.25, 0.3) is 21.8 Å². The second kappa shape index (κ2) is 30.5. The van der Waals surface area contributed by atoms with Gasteiger partial charge in [-0.15, -0.1) is 0 Å². The maximum atomic E-state index is 16.4. The molecule has 2 saturated carbocycles. The van der Waals surface area contributed by atoms with Crippen LogP contribution in [-0.4, -0.2) is 116 Å². The van der Waals surface area contributed by atoms with Gasteiger partial charge in [0.05, 0.1) is 80.3 Å². The van der Waals surface area contributed by atoms with Crippen LogP contribution in [-0.2, 0) is 31.9 Å². The van der Waals surface area contributed by atoms with E-state index < -0.39 is 53.2 Å². The standard InChI is InChI=1S/C38H39Cl2FN4O6.C23H28FN3O4.C14H11Cl2NO2/c1-20-30-34(37(49-3)35(32(20)41)44-17-23-9-7-15-42-28(23)18-44)45(24-13-14-24)21(2)31(36(30)47)38(48)51-19-50-29(46)16-22-8-4-5-12-27(22)43-33-25(39)10-6-11-26(33)40;1-11-16-19(27(14-6-7-14)12(2)17(21(16)28)23(29)30)22(31-3)20(18(11)24)26-9-13-5-4-8-25-15(13)10-26;15-10-5-3-6-11(16)14(10)17-12-7-2-1-4-9(12)8-13(18)19/h4-6,8,10-12,23-24,28,42-43H,7,9,13-19H2,1-3H3;13-15,25H,4-10H2,1-3H3,(H,29,30);1-7,17H,8H2,(H,18,19). The molecule has 4 unspecified atom stereocenters. The Morgan fingerprint density at radius 2 is 0.970 bits per heavy atom. The highest BCUT2D eigenvalue weighted by Gasteiger charge is 2.42. The van der Waals surface area contributed by atoms with Crippen LogP contribution in [0.1, 0.15) is 118 Å². The smallest absolute Gasteiger partial charge is 0.346 e. The summed E-state index contributed by atoms with van der Waals surface area (Å²) in [5.74, 6) is -3.36. The number of nitrogens with one attached hydrogen (secondary N) is 4. The van der Waals surface area contributed by atoms with E-state index >= 15 is 8.78 Å². The molecule has 0 spiro atoms. The molecule has 6 aromatic carbocycles. The zero-order valence-electron chi connectivity index (χ0n) is 56.6. The number of aliphatic carboxylic acids is 1. The molecule has 4 aliphatic heterocycles. The third-order valence-electron chi connectivity index (χ3n) is 20.0. The molecule has 532 valence electrons. The zero-order chi connectivity index (χ0) is 71.8. The lowest BCUT2D eigenvalue weighted by atomic mass is 9.94. The molecule has 6 heterocycles. The summed E-state index contributed by atoms with van der Waals surface area (Å²) in [4.78, 5) is 80.6. The number of ether oxygens (including phenoxy) is 4. The van der Waals surface area contributed by atoms with Crippen molar-refractivity contribution in [3.8, 4) is 11.5 Å². The molecule has 2 aliphatic carbocycles. The Kier molecular flexibility index (Phi) is 21.8. The number of carbonyl (C=O) groups is 4. The van der Waals surface area contributed by atoms with Gasteiger partial charge >= 0.3 is 23.9 Å². The number of rotatable bonds is 18. The topological polar surface area (TPSA) is 244 Å². The Balaban J connectivity index is 0.000000162. The van der Waals surface area contributed by atoms with Crippen molar-refractivity contribution in [1.82, 2.24) is 19.8 Å². The molecule has 6 fully saturated rings. The van der Waals surface area contributed by atoms with E-state index in [9.17, 15) is 33.9 Å². The molecule has 4 saturated heterocycles. The highest BCUT2D eigenvalue weighted by Crippen LogP contribution is 2.50. The summed E-state index contributed by atoms with van der Waals surface area (Å²) in [5.41, 5.74) is 4.65. The van der Waals surface area contributed by atoms with Crippen LogP contribution < -0.4 is 51.4 Å². The number of para-hydroxylation sites is 4. The van der Waals surface area contributed by atoms with Crippen LogP contribution in [0, 0.1) is 51.2 Å². The highest BCUT2D eigenvalue weighted by molar-refractivity contribution is 6.40. The zero-order valence-corrected chi connectivity index (χ0v) is 59.6. The van der Waals surface area contributed by atoms with Crippen LogP contribution in [0.2, 0.25) is 20.1 Å². The predicted octanol–water partition coefficient (Wildman–Crippen LogP) is 14.6. The number of piperidine rings is 2. The number of aromatic carboxylic acids is 1. The first-order valence-electron chi connectivity index (χ1n) is 33.7. The van der Waals surface area contributed by atoms with Crippen molar-refractivity contribution in [3.05, 3.63) is 182 Å². The number of carboxylic acids is 2. The first kappa shape index (κ1) is 72.2. The van der Waals surface area contributed by atoms with Crippen molar-refractivity contribution in [2.45, 2.75) is 116 Å². The monoisotopic (exact) mass is 1460 g/mol. The molecule has 0 bridgehead atoms. The number of halogens is 6. The molecule has 8 aromatic rings. The Morgan fingerprint density at radius 3 is 1.38 bits per heavy atom. The van der Waals surface area contributed by atoms with Gasteiger partial charge < -0.3 is 69.4 Å². The lowest BCUT2D eigenvalue weighted by Crippen LogP contribution is -2.40. The number of hydrogen-bond acceptors (Lipinski definition) is 16. The summed E-state index contributed by atoms with van der Waals surface area (Å²) in [5, 5.41) is 33.9. The molecule has 20 nitrogen and oxygen atoms in total. The second-order valence-corrected chi connectivity index (χ2v) is 28.1. The molecule has 4 atom stereocenters. The Hall–Kier alpha value is -8.64. The van der Waals surface area contributed by atoms with Crippen LogP contribution >= 0.6 is 46.4 Å². The first-order valence-corrected chi connectivity index (χ1v) is 35.2. The van der Waals surface area contributed by atoms with E-state index in [4.69, 9.17) is 70.5 Å². The van der Waals surface area contributed by atoms with Crippen LogP contribution in [0.4, 0.5) is 42.9 Å². The summed E-state index contributed by atoms with van der Waals surface area (Å²) >= 11 is 24.8. The fourth-order valence-electron chi connectivity index (χ4n) is 14.9. The minimum absolute atomic E-state index is 0.00115. The number of methoxy groups -OCH3 is 2. The quantitative estimate of drug-likeness (QED) is 0.0345. The minimum Gasteiger partial charge on any atom is -0.492 e. The first-order chi connectivity index (χ1) is 48.5. The van der Waals surface area contributed by atoms with Gasteiger partial charge in [-0.05, 0) is 152 Å². The largest absolute Gasteiger partial charge is 0.492 e. The van der Waals surface area contributed by atoms with Gasteiger partial charge in [-0.2, -0.15) is 0 Å². The van der Waals surface area contributed by atoms with Gasteiger partial charge in [0, 0.05) is 84.2 Å². The van der Waals surface area contributed by atoms with Crippen molar-refractivity contribution in [2.24, 2.45) is 11.8 Å². The molecule has 26 heteroatoms. The molecular weight excluding hydrogens is 1380 g/mol. The fraction of sp³-hybridized carbons (Fsp3) is 0.387. The number of benzene rings is 6. The lowest BCUT2D eigenvalue weighted by molar-refractivity contribution is -0.151. The number of pyridine rings is 2. The number of carbonyl (C=O) groups excluding carboxylic acids is 2. The molecule has 2 aromatic heterocycles. The summed E-state index contributed by atoms with van der Waals surface area (Å²) < 4.78 is 58.5. The Labute approximate surface area is 601 Å². The van der Waals surface area contributed by atoms with E-state index in [0.717, 1.165) is 71.0 Å². The number of anilines is 6. The maximum absolute atomic E-state index is 16.4. The third-order valence-corrected chi connectivity index (χ3v) is 21.3. The van der Waals surface area contributed by atoms with Gasteiger partial charge in [0.2, 0.25) is 17.7 Å². The van der Waals surface area contributed by atoms with Crippen molar-refractivity contribution < 1.29 is 57.1 Å². The van der Waals surface area contributed by atoms with E-state index in [1.165, 1.54) is 14.2 Å². The Bertz CT molecular complexity index is 4670. The maximum Gasteiger partial charge on any atom is 0.346 e. The van der Waals surface area contributed by atoms with Gasteiger partial charge in [-0.1, -0.05) is 94.9 Å². The molecule has 6 aliphatic rings. The number of nitrogens with zero attached hydrogens (tertiary/aromatic N) is 4. The number of aryl methyl sites for hydroxylation is 2. The number of hydrogen-bond donors (Lipinski definition) is 6. The molecule has 6 N–H and O–H groups in total. The molecular formula is C75H78Cl4F2N8O12. The lowest BCUT2D eigenvalue weighted by Gasteiger charge is -2.27. The number of carboxylic acid groups (broad SMARTS) is 2. The summed E-state index contributed by atoms with van der Waals surface area (Å²) in [6.45, 7) is 10.4. The van der Waals surface area contributed by atoms with Gasteiger partial charge in [-0.25, -0.2) is 18.4 Å². The number of esters is 2. The average molecular weight is 1460 g/mol. The van der Waals surface area contributed by atoms with Gasteiger partial charge in [-0.3, -0.25) is 19.2 Å². The molecule has 101 heavy (non-hydrogen) atoms. The van der Waals surface area contributed by atoms with Gasteiger partial charge in [0.1, 0.15) is 22.5 Å². The van der Waals surface area contributed by atoms with E-state index in [1.54, 1.807) is 107 Å².